The fourth-order valence-electron chi connectivity index (χ4n) is 5.54. The van der Waals surface area contributed by atoms with E-state index in [1.165, 1.54) is 37.7 Å². The first-order chi connectivity index (χ1) is 9.65. The number of nitrogen functional groups attached to an aromatic ring is 1. The molecule has 0 aliphatic heterocycles. The van der Waals surface area contributed by atoms with E-state index in [2.05, 4.69) is 17.1 Å². The Bertz CT molecular complexity index is 571. The largest absolute Gasteiger partial charge is 0.383 e. The Balaban J connectivity index is 1.80. The van der Waals surface area contributed by atoms with Gasteiger partial charge in [-0.05, 0) is 80.2 Å². The predicted molar refractivity (Wildman–Crippen MR) is 77.9 cm³/mol. The number of nitrogens with zero attached hydrogens (tertiary/aromatic N) is 2. The summed E-state index contributed by atoms with van der Waals surface area (Å²) in [6.45, 7) is 1.98. The minimum Gasteiger partial charge on any atom is -0.383 e. The van der Waals surface area contributed by atoms with Gasteiger partial charge >= 0.3 is 0 Å². The first-order valence-corrected chi connectivity index (χ1v) is 7.82. The molecule has 0 radical (unpaired) electrons. The van der Waals surface area contributed by atoms with Gasteiger partial charge in [0.25, 0.3) is 0 Å². The van der Waals surface area contributed by atoms with E-state index in [-0.39, 0.29) is 0 Å². The Hall–Kier alpha value is -1.56. The quantitative estimate of drug-likeness (QED) is 0.848. The minimum atomic E-state index is 0.427. The maximum Gasteiger partial charge on any atom is 0.141 e. The van der Waals surface area contributed by atoms with Crippen LogP contribution in [0.5, 0.6) is 0 Å². The molecule has 104 valence electrons. The van der Waals surface area contributed by atoms with Gasteiger partial charge in [0.2, 0.25) is 0 Å². The van der Waals surface area contributed by atoms with E-state index in [0.717, 1.165) is 29.4 Å². The van der Waals surface area contributed by atoms with Crippen LogP contribution in [-0.2, 0) is 0 Å². The smallest absolute Gasteiger partial charge is 0.141 e. The van der Waals surface area contributed by atoms with Gasteiger partial charge in [0.1, 0.15) is 11.9 Å². The van der Waals surface area contributed by atoms with Gasteiger partial charge in [-0.2, -0.15) is 5.26 Å². The van der Waals surface area contributed by atoms with E-state index in [4.69, 9.17) is 5.73 Å². The van der Waals surface area contributed by atoms with E-state index >= 15 is 0 Å². The molecule has 0 unspecified atom stereocenters. The third kappa shape index (κ3) is 1.67. The first kappa shape index (κ1) is 12.2. The number of pyridine rings is 1. The van der Waals surface area contributed by atoms with Crippen LogP contribution < -0.4 is 5.73 Å². The molecule has 4 fully saturated rings. The fourth-order valence-corrected chi connectivity index (χ4v) is 5.54. The van der Waals surface area contributed by atoms with Crippen molar-refractivity contribution in [3.05, 3.63) is 22.9 Å². The topological polar surface area (TPSA) is 62.7 Å². The zero-order valence-electron chi connectivity index (χ0n) is 12.0. The average molecular weight is 267 g/mol. The molecule has 1 aromatic rings. The Kier molecular flexibility index (Phi) is 2.57. The lowest BCUT2D eigenvalue weighted by Gasteiger charge is -2.54. The van der Waals surface area contributed by atoms with Gasteiger partial charge in [-0.3, -0.25) is 0 Å². The Morgan fingerprint density at radius 2 is 1.75 bits per heavy atom. The van der Waals surface area contributed by atoms with E-state index in [0.29, 0.717) is 17.3 Å². The van der Waals surface area contributed by atoms with Gasteiger partial charge in [0.05, 0.1) is 5.56 Å². The molecule has 0 atom stereocenters. The van der Waals surface area contributed by atoms with Crippen LogP contribution in [-0.4, -0.2) is 4.98 Å². The lowest BCUT2D eigenvalue weighted by atomic mass is 9.50. The second kappa shape index (κ2) is 4.22. The van der Waals surface area contributed by atoms with Crippen molar-refractivity contribution >= 4 is 5.82 Å². The van der Waals surface area contributed by atoms with Crippen molar-refractivity contribution in [1.82, 2.24) is 4.98 Å². The number of hydrogen-bond acceptors (Lipinski definition) is 3. The van der Waals surface area contributed by atoms with Crippen LogP contribution in [0, 0.1) is 41.9 Å². The summed E-state index contributed by atoms with van der Waals surface area (Å²) >= 11 is 0. The third-order valence-electron chi connectivity index (χ3n) is 5.90. The molecule has 3 nitrogen and oxygen atoms in total. The maximum atomic E-state index is 9.47. The van der Waals surface area contributed by atoms with Crippen LogP contribution in [0.4, 0.5) is 5.82 Å². The standard InChI is InChI=1S/C17H21N3/c1-9-2-14(15(8-18)17(19)20-9)16-12-4-10-3-11(6-12)7-13(16)5-10/h2,10-13,16H,3-7H2,1H3,(H2,19,20). The number of hydrogen-bond donors (Lipinski definition) is 1. The molecule has 4 saturated carbocycles. The summed E-state index contributed by atoms with van der Waals surface area (Å²) in [5.74, 6) is 4.45. The summed E-state index contributed by atoms with van der Waals surface area (Å²) in [4.78, 5) is 4.27. The maximum absolute atomic E-state index is 9.47. The van der Waals surface area contributed by atoms with Gasteiger partial charge in [-0.25, -0.2) is 4.98 Å². The molecule has 0 saturated heterocycles. The van der Waals surface area contributed by atoms with E-state index in [9.17, 15) is 5.26 Å². The van der Waals surface area contributed by atoms with Gasteiger partial charge in [0.15, 0.2) is 0 Å². The second-order valence-electron chi connectivity index (χ2n) is 7.18. The molecule has 3 heteroatoms. The fraction of sp³-hybridized carbons (Fsp3) is 0.647. The van der Waals surface area contributed by atoms with Crippen LogP contribution in [0.25, 0.3) is 0 Å². The van der Waals surface area contributed by atoms with Crippen molar-refractivity contribution < 1.29 is 0 Å². The van der Waals surface area contributed by atoms with Crippen molar-refractivity contribution in [2.75, 3.05) is 5.73 Å². The summed E-state index contributed by atoms with van der Waals surface area (Å²) in [5, 5.41) is 9.47. The van der Waals surface area contributed by atoms with Crippen molar-refractivity contribution in [1.29, 1.82) is 5.26 Å². The molecule has 1 aromatic heterocycles. The van der Waals surface area contributed by atoms with E-state index < -0.39 is 0 Å². The highest BCUT2D eigenvalue weighted by atomic mass is 14.8. The molecule has 2 N–H and O–H groups in total. The third-order valence-corrected chi connectivity index (χ3v) is 5.90. The molecular formula is C17H21N3. The summed E-state index contributed by atoms with van der Waals surface area (Å²) < 4.78 is 0. The average Bonchev–Trinajstić information content (AvgIpc) is 2.36. The van der Waals surface area contributed by atoms with Gasteiger partial charge in [-0.15, -0.1) is 0 Å². The molecule has 4 aliphatic rings. The minimum absolute atomic E-state index is 0.427. The number of aryl methyl sites for hydroxylation is 1. The van der Waals surface area contributed by atoms with Crippen molar-refractivity contribution in [3.8, 4) is 6.07 Å². The molecule has 0 aromatic carbocycles. The van der Waals surface area contributed by atoms with Crippen LogP contribution in [0.3, 0.4) is 0 Å². The molecule has 0 amide bonds. The first-order valence-electron chi connectivity index (χ1n) is 7.82. The molecule has 5 rings (SSSR count). The number of aromatic nitrogens is 1. The summed E-state index contributed by atoms with van der Waals surface area (Å²) in [7, 11) is 0. The van der Waals surface area contributed by atoms with E-state index in [1.54, 1.807) is 0 Å². The highest BCUT2D eigenvalue weighted by Crippen LogP contribution is 2.60. The molecule has 4 aliphatic carbocycles. The molecule has 0 spiro atoms. The molecule has 1 heterocycles. The Labute approximate surface area is 120 Å². The summed E-state index contributed by atoms with van der Waals surface area (Å²) in [5.41, 5.74) is 8.79. The lowest BCUT2D eigenvalue weighted by molar-refractivity contribution is -0.00288. The SMILES string of the molecule is Cc1cc(C2C3CC4CC(C3)CC2C4)c(C#N)c(N)n1. The van der Waals surface area contributed by atoms with Crippen molar-refractivity contribution in [2.45, 2.75) is 44.9 Å². The number of nitrogens with two attached hydrogens (primary N) is 1. The zero-order chi connectivity index (χ0) is 13.9. The highest BCUT2D eigenvalue weighted by Gasteiger charge is 2.49. The number of rotatable bonds is 1. The highest BCUT2D eigenvalue weighted by molar-refractivity contribution is 5.55. The van der Waals surface area contributed by atoms with E-state index in [1.807, 2.05) is 6.92 Å². The predicted octanol–water partition coefficient (Wildman–Crippen LogP) is 3.38. The normalized spacial score (nSPS) is 37.9. The second-order valence-corrected chi connectivity index (χ2v) is 7.18. The van der Waals surface area contributed by atoms with Crippen molar-refractivity contribution in [3.63, 3.8) is 0 Å². The van der Waals surface area contributed by atoms with Gasteiger partial charge in [-0.1, -0.05) is 0 Å². The monoisotopic (exact) mass is 267 g/mol. The summed E-state index contributed by atoms with van der Waals surface area (Å²) in [6, 6.07) is 4.44. The van der Waals surface area contributed by atoms with Crippen LogP contribution in [0.15, 0.2) is 6.07 Å². The van der Waals surface area contributed by atoms with Crippen LogP contribution in [0.2, 0.25) is 0 Å². The molecule has 4 bridgehead atoms. The number of nitriles is 1. The zero-order valence-corrected chi connectivity index (χ0v) is 12.0. The van der Waals surface area contributed by atoms with Crippen LogP contribution in [0.1, 0.15) is 54.8 Å². The van der Waals surface area contributed by atoms with Gasteiger partial charge in [0, 0.05) is 5.69 Å². The lowest BCUT2D eigenvalue weighted by Crippen LogP contribution is -2.44. The number of anilines is 1. The molecular weight excluding hydrogens is 246 g/mol. The van der Waals surface area contributed by atoms with Crippen LogP contribution >= 0.6 is 0 Å². The van der Waals surface area contributed by atoms with Crippen molar-refractivity contribution in [2.24, 2.45) is 23.7 Å². The summed E-state index contributed by atoms with van der Waals surface area (Å²) in [6.07, 6.45) is 6.92. The Morgan fingerprint density at radius 3 is 2.30 bits per heavy atom. The Morgan fingerprint density at radius 1 is 1.15 bits per heavy atom. The van der Waals surface area contributed by atoms with Gasteiger partial charge < -0.3 is 5.73 Å². The molecule has 20 heavy (non-hydrogen) atoms.